The lowest BCUT2D eigenvalue weighted by Crippen LogP contribution is -2.47. The molecule has 1 N–H and O–H groups in total. The number of carbonyl (C=O) groups is 1. The Hall–Kier alpha value is -1.10. The summed E-state index contributed by atoms with van der Waals surface area (Å²) in [4.78, 5) is 18.7. The van der Waals surface area contributed by atoms with E-state index in [1.165, 1.54) is 25.7 Å². The topological polar surface area (TPSA) is 45.2 Å². The molecule has 2 aliphatic rings. The van der Waals surface area contributed by atoms with Crippen LogP contribution in [0.4, 0.5) is 4.79 Å². The van der Waals surface area contributed by atoms with Crippen LogP contribution in [0.2, 0.25) is 0 Å². The SMILES string of the molecule is C[C@@H](C1CC1)N(C(=O)NCCc1cscn1)C1CC1. The van der Waals surface area contributed by atoms with E-state index in [1.807, 2.05) is 10.9 Å². The van der Waals surface area contributed by atoms with Crippen molar-refractivity contribution in [3.8, 4) is 0 Å². The minimum absolute atomic E-state index is 0.122. The van der Waals surface area contributed by atoms with Crippen molar-refractivity contribution in [2.24, 2.45) is 5.92 Å². The van der Waals surface area contributed by atoms with Crippen LogP contribution in [0, 0.1) is 5.92 Å². The average molecular weight is 279 g/mol. The second kappa shape index (κ2) is 5.49. The molecule has 19 heavy (non-hydrogen) atoms. The molecule has 0 saturated heterocycles. The molecule has 2 fully saturated rings. The van der Waals surface area contributed by atoms with Gasteiger partial charge in [0.05, 0.1) is 11.2 Å². The van der Waals surface area contributed by atoms with E-state index in [4.69, 9.17) is 0 Å². The fourth-order valence-corrected chi connectivity index (χ4v) is 3.18. The normalized spacial score (nSPS) is 20.1. The Morgan fingerprint density at radius 2 is 2.32 bits per heavy atom. The molecular formula is C14H21N3OS. The molecular weight excluding hydrogens is 258 g/mol. The Labute approximate surface area is 118 Å². The Morgan fingerprint density at radius 3 is 2.89 bits per heavy atom. The third-order valence-electron chi connectivity index (χ3n) is 4.06. The van der Waals surface area contributed by atoms with Gasteiger partial charge in [0.25, 0.3) is 0 Å². The zero-order valence-corrected chi connectivity index (χ0v) is 12.2. The van der Waals surface area contributed by atoms with E-state index in [1.54, 1.807) is 11.3 Å². The van der Waals surface area contributed by atoms with Crippen molar-refractivity contribution in [2.45, 2.75) is 51.1 Å². The smallest absolute Gasteiger partial charge is 0.317 e. The first-order valence-corrected chi connectivity index (χ1v) is 8.13. The van der Waals surface area contributed by atoms with E-state index in [0.717, 1.165) is 18.0 Å². The molecule has 5 heteroatoms. The summed E-state index contributed by atoms with van der Waals surface area (Å²) in [5.74, 6) is 0.741. The van der Waals surface area contributed by atoms with Crippen molar-refractivity contribution in [3.63, 3.8) is 0 Å². The summed E-state index contributed by atoms with van der Waals surface area (Å²) in [6.45, 7) is 2.89. The van der Waals surface area contributed by atoms with Gasteiger partial charge in [-0.05, 0) is 38.5 Å². The van der Waals surface area contributed by atoms with E-state index < -0.39 is 0 Å². The monoisotopic (exact) mass is 279 g/mol. The molecule has 1 atom stereocenters. The van der Waals surface area contributed by atoms with Gasteiger partial charge >= 0.3 is 6.03 Å². The zero-order valence-electron chi connectivity index (χ0n) is 11.3. The van der Waals surface area contributed by atoms with Crippen LogP contribution in [0.5, 0.6) is 0 Å². The van der Waals surface area contributed by atoms with Crippen LogP contribution in [-0.2, 0) is 6.42 Å². The fourth-order valence-electron chi connectivity index (χ4n) is 2.59. The van der Waals surface area contributed by atoms with Crippen LogP contribution in [0.3, 0.4) is 0 Å². The van der Waals surface area contributed by atoms with Crippen molar-refractivity contribution >= 4 is 17.4 Å². The minimum Gasteiger partial charge on any atom is -0.338 e. The molecule has 0 aromatic carbocycles. The van der Waals surface area contributed by atoms with E-state index in [-0.39, 0.29) is 6.03 Å². The van der Waals surface area contributed by atoms with Crippen molar-refractivity contribution < 1.29 is 4.79 Å². The second-order valence-corrected chi connectivity index (χ2v) is 6.40. The van der Waals surface area contributed by atoms with Gasteiger partial charge in [-0.15, -0.1) is 11.3 Å². The molecule has 0 bridgehead atoms. The maximum Gasteiger partial charge on any atom is 0.317 e. The summed E-state index contributed by atoms with van der Waals surface area (Å²) < 4.78 is 0. The van der Waals surface area contributed by atoms with Crippen molar-refractivity contribution in [1.29, 1.82) is 0 Å². The lowest BCUT2D eigenvalue weighted by atomic mass is 10.2. The van der Waals surface area contributed by atoms with Crippen LogP contribution < -0.4 is 5.32 Å². The van der Waals surface area contributed by atoms with Gasteiger partial charge in [-0.1, -0.05) is 0 Å². The van der Waals surface area contributed by atoms with Crippen LogP contribution >= 0.6 is 11.3 Å². The molecule has 3 rings (SSSR count). The first-order valence-electron chi connectivity index (χ1n) is 7.19. The standard InChI is InChI=1S/C14H21N3OS/c1-10(11-2-3-11)17(13-4-5-13)14(18)15-7-6-12-8-19-9-16-12/h8-11,13H,2-7H2,1H3,(H,15,18)/t10-/m0/s1. The van der Waals surface area contributed by atoms with Crippen molar-refractivity contribution in [1.82, 2.24) is 15.2 Å². The number of thiazole rings is 1. The number of nitrogens with one attached hydrogen (secondary N) is 1. The number of rotatable bonds is 6. The molecule has 1 heterocycles. The third kappa shape index (κ3) is 3.26. The Bertz CT molecular complexity index is 426. The quantitative estimate of drug-likeness (QED) is 0.870. The molecule has 104 valence electrons. The van der Waals surface area contributed by atoms with Gasteiger partial charge < -0.3 is 10.2 Å². The minimum atomic E-state index is 0.122. The summed E-state index contributed by atoms with van der Waals surface area (Å²) in [7, 11) is 0. The molecule has 2 saturated carbocycles. The highest BCUT2D eigenvalue weighted by molar-refractivity contribution is 7.07. The van der Waals surface area contributed by atoms with Gasteiger partial charge in [0.1, 0.15) is 0 Å². The molecule has 0 aliphatic heterocycles. The zero-order chi connectivity index (χ0) is 13.2. The van der Waals surface area contributed by atoms with Crippen LogP contribution in [-0.4, -0.2) is 34.5 Å². The predicted octanol–water partition coefficient (Wildman–Crippen LogP) is 2.66. The fraction of sp³-hybridized carbons (Fsp3) is 0.714. The molecule has 2 amide bonds. The maximum atomic E-state index is 12.3. The van der Waals surface area contributed by atoms with E-state index in [0.29, 0.717) is 18.6 Å². The maximum absolute atomic E-state index is 12.3. The van der Waals surface area contributed by atoms with Gasteiger partial charge in [0.15, 0.2) is 0 Å². The van der Waals surface area contributed by atoms with Gasteiger partial charge in [0.2, 0.25) is 0 Å². The van der Waals surface area contributed by atoms with Gasteiger partial charge in [-0.2, -0.15) is 0 Å². The number of hydrogen-bond acceptors (Lipinski definition) is 3. The number of aromatic nitrogens is 1. The number of urea groups is 1. The summed E-state index contributed by atoms with van der Waals surface area (Å²) in [6, 6.07) is 1.03. The highest BCUT2D eigenvalue weighted by atomic mass is 32.1. The van der Waals surface area contributed by atoms with Crippen molar-refractivity contribution in [3.05, 3.63) is 16.6 Å². The highest BCUT2D eigenvalue weighted by Gasteiger charge is 2.41. The summed E-state index contributed by atoms with van der Waals surface area (Å²) in [5, 5.41) is 5.10. The predicted molar refractivity (Wildman–Crippen MR) is 76.3 cm³/mol. The largest absolute Gasteiger partial charge is 0.338 e. The molecule has 1 aromatic rings. The molecule has 0 radical (unpaired) electrons. The summed E-state index contributed by atoms with van der Waals surface area (Å²) in [6.07, 6.45) is 5.76. The van der Waals surface area contributed by atoms with Crippen LogP contribution in [0.1, 0.15) is 38.3 Å². The third-order valence-corrected chi connectivity index (χ3v) is 4.69. The van der Waals surface area contributed by atoms with E-state index in [2.05, 4.69) is 22.1 Å². The van der Waals surface area contributed by atoms with E-state index in [9.17, 15) is 4.79 Å². The Morgan fingerprint density at radius 1 is 1.53 bits per heavy atom. The number of nitrogens with zero attached hydrogens (tertiary/aromatic N) is 2. The van der Waals surface area contributed by atoms with Gasteiger partial charge in [0, 0.05) is 30.4 Å². The van der Waals surface area contributed by atoms with Gasteiger partial charge in [-0.25, -0.2) is 9.78 Å². The number of amides is 2. The lowest BCUT2D eigenvalue weighted by molar-refractivity contribution is 0.167. The lowest BCUT2D eigenvalue weighted by Gasteiger charge is -2.29. The average Bonchev–Trinajstić information content (AvgIpc) is 3.30. The molecule has 0 spiro atoms. The van der Waals surface area contributed by atoms with E-state index >= 15 is 0 Å². The Balaban J connectivity index is 1.49. The van der Waals surface area contributed by atoms with Crippen molar-refractivity contribution in [2.75, 3.05) is 6.54 Å². The highest BCUT2D eigenvalue weighted by Crippen LogP contribution is 2.39. The number of hydrogen-bond donors (Lipinski definition) is 1. The summed E-state index contributed by atoms with van der Waals surface area (Å²) in [5.41, 5.74) is 2.90. The second-order valence-electron chi connectivity index (χ2n) is 5.68. The molecule has 1 aromatic heterocycles. The van der Waals surface area contributed by atoms with Crippen LogP contribution in [0.15, 0.2) is 10.9 Å². The molecule has 2 aliphatic carbocycles. The van der Waals surface area contributed by atoms with Gasteiger partial charge in [-0.3, -0.25) is 0 Å². The number of carbonyl (C=O) groups excluding carboxylic acids is 1. The molecule has 4 nitrogen and oxygen atoms in total. The first-order chi connectivity index (χ1) is 9.25. The molecule has 0 unspecified atom stereocenters. The first kappa shape index (κ1) is 12.9. The summed E-state index contributed by atoms with van der Waals surface area (Å²) >= 11 is 1.60. The van der Waals surface area contributed by atoms with Crippen LogP contribution in [0.25, 0.3) is 0 Å². The Kier molecular flexibility index (Phi) is 3.73.